The van der Waals surface area contributed by atoms with E-state index < -0.39 is 0 Å². The van der Waals surface area contributed by atoms with Crippen molar-refractivity contribution in [2.75, 3.05) is 13.1 Å². The number of carbonyl (C=O) groups excluding carboxylic acids is 1. The summed E-state index contributed by atoms with van der Waals surface area (Å²) in [5.41, 5.74) is 0. The number of rotatable bonds is 4. The number of hydrogen-bond acceptors (Lipinski definition) is 2. The van der Waals surface area contributed by atoms with E-state index in [1.807, 2.05) is 0 Å². The number of ketones is 1. The Morgan fingerprint density at radius 3 is 2.75 bits per heavy atom. The van der Waals surface area contributed by atoms with Gasteiger partial charge in [0.2, 0.25) is 0 Å². The number of piperidine rings is 1. The molecule has 0 amide bonds. The first-order valence-corrected chi connectivity index (χ1v) is 4.69. The van der Waals surface area contributed by atoms with E-state index in [0.717, 1.165) is 25.4 Å². The minimum atomic E-state index is 0.188. The molecule has 2 heteroatoms. The minimum absolute atomic E-state index is 0.188. The van der Waals surface area contributed by atoms with Crippen LogP contribution in [-0.4, -0.2) is 18.9 Å². The first kappa shape index (κ1) is 9.46. The largest absolute Gasteiger partial charge is 0.317 e. The smallest absolute Gasteiger partial charge is 0.155 e. The molecule has 1 rings (SSSR count). The molecule has 12 heavy (non-hydrogen) atoms. The molecule has 1 N–H and O–H groups in total. The van der Waals surface area contributed by atoms with Crippen LogP contribution in [0.5, 0.6) is 0 Å². The van der Waals surface area contributed by atoms with E-state index in [0.29, 0.717) is 6.42 Å². The predicted octanol–water partition coefficient (Wildman–Crippen LogP) is 1.52. The molecule has 0 spiro atoms. The molecule has 1 fully saturated rings. The third-order valence-electron chi connectivity index (χ3n) is 2.49. The monoisotopic (exact) mass is 167 g/mol. The molecule has 0 aromatic heterocycles. The highest BCUT2D eigenvalue weighted by molar-refractivity contribution is 5.88. The summed E-state index contributed by atoms with van der Waals surface area (Å²) >= 11 is 0. The van der Waals surface area contributed by atoms with Crippen LogP contribution in [0.2, 0.25) is 0 Å². The van der Waals surface area contributed by atoms with Gasteiger partial charge in [0, 0.05) is 6.42 Å². The number of nitrogens with one attached hydrogen (secondary N) is 1. The topological polar surface area (TPSA) is 29.1 Å². The van der Waals surface area contributed by atoms with Gasteiger partial charge in [0.15, 0.2) is 5.78 Å². The van der Waals surface area contributed by atoms with Gasteiger partial charge in [-0.2, -0.15) is 0 Å². The van der Waals surface area contributed by atoms with Crippen LogP contribution in [0, 0.1) is 5.92 Å². The Bertz CT molecular complexity index is 159. The van der Waals surface area contributed by atoms with Crippen molar-refractivity contribution < 1.29 is 4.79 Å². The van der Waals surface area contributed by atoms with Crippen molar-refractivity contribution in [1.29, 1.82) is 0 Å². The minimum Gasteiger partial charge on any atom is -0.317 e. The molecule has 0 atom stereocenters. The van der Waals surface area contributed by atoms with Crippen LogP contribution >= 0.6 is 0 Å². The molecular formula is C10H17NO. The lowest BCUT2D eigenvalue weighted by atomic mass is 9.92. The van der Waals surface area contributed by atoms with Crippen LogP contribution in [0.3, 0.4) is 0 Å². The average Bonchev–Trinajstić information content (AvgIpc) is 2.16. The van der Waals surface area contributed by atoms with Crippen LogP contribution in [0.4, 0.5) is 0 Å². The van der Waals surface area contributed by atoms with Crippen molar-refractivity contribution in [2.24, 2.45) is 5.92 Å². The second-order valence-electron chi connectivity index (χ2n) is 3.40. The van der Waals surface area contributed by atoms with Crippen molar-refractivity contribution in [3.8, 4) is 0 Å². The highest BCUT2D eigenvalue weighted by atomic mass is 16.1. The lowest BCUT2D eigenvalue weighted by Gasteiger charge is -2.21. The van der Waals surface area contributed by atoms with Crippen molar-refractivity contribution >= 4 is 5.78 Å². The van der Waals surface area contributed by atoms with Gasteiger partial charge in [0.05, 0.1) is 0 Å². The quantitative estimate of drug-likeness (QED) is 0.643. The van der Waals surface area contributed by atoms with Crippen molar-refractivity contribution in [3.05, 3.63) is 12.7 Å². The molecule has 0 bridgehead atoms. The Morgan fingerprint density at radius 1 is 1.50 bits per heavy atom. The van der Waals surface area contributed by atoms with Crippen LogP contribution in [0.1, 0.15) is 25.7 Å². The number of carbonyl (C=O) groups is 1. The summed E-state index contributed by atoms with van der Waals surface area (Å²) in [6.45, 7) is 5.70. The van der Waals surface area contributed by atoms with Gasteiger partial charge in [0.25, 0.3) is 0 Å². The second kappa shape index (κ2) is 5.09. The van der Waals surface area contributed by atoms with E-state index >= 15 is 0 Å². The maximum absolute atomic E-state index is 10.9. The summed E-state index contributed by atoms with van der Waals surface area (Å²) in [5, 5.41) is 3.31. The zero-order chi connectivity index (χ0) is 8.81. The van der Waals surface area contributed by atoms with E-state index in [-0.39, 0.29) is 5.78 Å². The molecule has 0 aromatic carbocycles. The summed E-state index contributed by atoms with van der Waals surface area (Å²) in [7, 11) is 0. The first-order valence-electron chi connectivity index (χ1n) is 4.69. The zero-order valence-corrected chi connectivity index (χ0v) is 7.51. The van der Waals surface area contributed by atoms with E-state index in [1.54, 1.807) is 0 Å². The Morgan fingerprint density at radius 2 is 2.17 bits per heavy atom. The molecule has 1 heterocycles. The number of hydrogen-bond donors (Lipinski definition) is 1. The van der Waals surface area contributed by atoms with E-state index in [4.69, 9.17) is 0 Å². The molecule has 2 nitrogen and oxygen atoms in total. The molecule has 0 unspecified atom stereocenters. The fraction of sp³-hybridized carbons (Fsp3) is 0.700. The Hall–Kier alpha value is -0.630. The van der Waals surface area contributed by atoms with Gasteiger partial charge in [-0.15, -0.1) is 0 Å². The Kier molecular flexibility index (Phi) is 4.01. The van der Waals surface area contributed by atoms with Gasteiger partial charge in [-0.3, -0.25) is 4.79 Å². The van der Waals surface area contributed by atoms with E-state index in [9.17, 15) is 4.79 Å². The van der Waals surface area contributed by atoms with Crippen molar-refractivity contribution in [3.63, 3.8) is 0 Å². The number of allylic oxidation sites excluding steroid dienone is 1. The highest BCUT2D eigenvalue weighted by Gasteiger charge is 2.13. The maximum atomic E-state index is 10.9. The fourth-order valence-electron chi connectivity index (χ4n) is 1.62. The zero-order valence-electron chi connectivity index (χ0n) is 7.51. The third-order valence-corrected chi connectivity index (χ3v) is 2.49. The first-order chi connectivity index (χ1) is 5.83. The summed E-state index contributed by atoms with van der Waals surface area (Å²) in [5.74, 6) is 0.948. The van der Waals surface area contributed by atoms with Crippen molar-refractivity contribution in [1.82, 2.24) is 5.32 Å². The molecule has 1 aliphatic heterocycles. The average molecular weight is 167 g/mol. The Labute approximate surface area is 74.0 Å². The van der Waals surface area contributed by atoms with Crippen LogP contribution < -0.4 is 5.32 Å². The molecule has 0 saturated carbocycles. The van der Waals surface area contributed by atoms with Crippen LogP contribution in [-0.2, 0) is 4.79 Å². The molecule has 1 saturated heterocycles. The molecule has 68 valence electrons. The van der Waals surface area contributed by atoms with Gasteiger partial charge < -0.3 is 5.32 Å². The molecule has 0 aliphatic carbocycles. The Balaban J connectivity index is 2.12. The SMILES string of the molecule is C=CC(=O)CCC1CCNCC1. The lowest BCUT2D eigenvalue weighted by molar-refractivity contribution is -0.114. The van der Waals surface area contributed by atoms with Gasteiger partial charge in [-0.05, 0) is 44.3 Å². The fourth-order valence-corrected chi connectivity index (χ4v) is 1.62. The summed E-state index contributed by atoms with van der Waals surface area (Å²) in [4.78, 5) is 10.9. The summed E-state index contributed by atoms with van der Waals surface area (Å²) in [6.07, 6.45) is 5.62. The summed E-state index contributed by atoms with van der Waals surface area (Å²) in [6, 6.07) is 0. The summed E-state index contributed by atoms with van der Waals surface area (Å²) < 4.78 is 0. The van der Waals surface area contributed by atoms with E-state index in [1.165, 1.54) is 18.9 Å². The van der Waals surface area contributed by atoms with Crippen molar-refractivity contribution in [2.45, 2.75) is 25.7 Å². The van der Waals surface area contributed by atoms with E-state index in [2.05, 4.69) is 11.9 Å². The normalized spacial score (nSPS) is 19.0. The van der Waals surface area contributed by atoms with Crippen LogP contribution in [0.15, 0.2) is 12.7 Å². The predicted molar refractivity (Wildman–Crippen MR) is 50.0 cm³/mol. The third kappa shape index (κ3) is 3.18. The van der Waals surface area contributed by atoms with Gasteiger partial charge in [-0.25, -0.2) is 0 Å². The highest BCUT2D eigenvalue weighted by Crippen LogP contribution is 2.17. The molecule has 1 aliphatic rings. The maximum Gasteiger partial charge on any atom is 0.155 e. The van der Waals surface area contributed by atoms with Gasteiger partial charge >= 0.3 is 0 Å². The molecular weight excluding hydrogens is 150 g/mol. The van der Waals surface area contributed by atoms with Gasteiger partial charge in [-0.1, -0.05) is 6.58 Å². The van der Waals surface area contributed by atoms with Crippen LogP contribution in [0.25, 0.3) is 0 Å². The second-order valence-corrected chi connectivity index (χ2v) is 3.40. The lowest BCUT2D eigenvalue weighted by Crippen LogP contribution is -2.27. The van der Waals surface area contributed by atoms with Gasteiger partial charge in [0.1, 0.15) is 0 Å². The molecule has 0 aromatic rings. The standard InChI is InChI=1S/C10H17NO/c1-2-10(12)4-3-9-5-7-11-8-6-9/h2,9,11H,1,3-8H2. The molecule has 0 radical (unpaired) electrons.